The second-order valence-electron chi connectivity index (χ2n) is 6.93. The molecule has 1 atom stereocenters. The molecule has 3 heterocycles. The fourth-order valence-corrected chi connectivity index (χ4v) is 3.43. The van der Waals surface area contributed by atoms with Crippen LogP contribution >= 0.6 is 0 Å². The first-order valence-electron chi connectivity index (χ1n) is 8.87. The van der Waals surface area contributed by atoms with Crippen LogP contribution in [0.1, 0.15) is 29.2 Å². The van der Waals surface area contributed by atoms with E-state index in [1.54, 1.807) is 24.7 Å². The van der Waals surface area contributed by atoms with Gasteiger partial charge < -0.3 is 23.7 Å². The van der Waals surface area contributed by atoms with Gasteiger partial charge in [-0.1, -0.05) is 6.07 Å². The number of aryl methyl sites for hydroxylation is 1. The summed E-state index contributed by atoms with van der Waals surface area (Å²) in [4.78, 5) is 6.57. The molecular formula is C20H22N4O3. The summed E-state index contributed by atoms with van der Waals surface area (Å²) in [6, 6.07) is 8.71. The SMILES string of the molecule is CN(C)CCCn1cnc2c(c1=N)[C@H](c1ccco1)c1ccc(O)cc1O2. The Labute approximate surface area is 157 Å². The highest BCUT2D eigenvalue weighted by Gasteiger charge is 2.33. The van der Waals surface area contributed by atoms with Crippen LogP contribution in [0.15, 0.2) is 47.3 Å². The molecule has 0 radical (unpaired) electrons. The van der Waals surface area contributed by atoms with E-state index in [0.29, 0.717) is 35.0 Å². The zero-order chi connectivity index (χ0) is 19.0. The van der Waals surface area contributed by atoms with E-state index in [4.69, 9.17) is 14.6 Å². The molecule has 27 heavy (non-hydrogen) atoms. The molecule has 1 aliphatic rings. The van der Waals surface area contributed by atoms with Crippen LogP contribution in [-0.2, 0) is 6.54 Å². The predicted octanol–water partition coefficient (Wildman–Crippen LogP) is 2.90. The molecule has 140 valence electrons. The fraction of sp³-hybridized carbons (Fsp3) is 0.300. The molecular weight excluding hydrogens is 344 g/mol. The Kier molecular flexibility index (Phi) is 4.45. The van der Waals surface area contributed by atoms with Crippen molar-refractivity contribution in [2.45, 2.75) is 18.9 Å². The zero-order valence-corrected chi connectivity index (χ0v) is 15.3. The monoisotopic (exact) mass is 366 g/mol. The fourth-order valence-electron chi connectivity index (χ4n) is 3.43. The molecule has 0 saturated heterocycles. The van der Waals surface area contributed by atoms with Crippen LogP contribution in [0.2, 0.25) is 0 Å². The van der Waals surface area contributed by atoms with Crippen LogP contribution in [0.5, 0.6) is 17.4 Å². The third-order valence-electron chi connectivity index (χ3n) is 4.72. The minimum absolute atomic E-state index is 0.121. The van der Waals surface area contributed by atoms with Gasteiger partial charge in [-0.25, -0.2) is 4.98 Å². The Balaban J connectivity index is 1.81. The van der Waals surface area contributed by atoms with Crippen LogP contribution in [0.4, 0.5) is 0 Å². The molecule has 0 bridgehead atoms. The molecule has 0 aliphatic carbocycles. The van der Waals surface area contributed by atoms with E-state index >= 15 is 0 Å². The van der Waals surface area contributed by atoms with Crippen LogP contribution in [0, 0.1) is 5.41 Å². The molecule has 0 spiro atoms. The number of aromatic nitrogens is 2. The molecule has 2 aromatic heterocycles. The van der Waals surface area contributed by atoms with E-state index in [1.165, 1.54) is 0 Å². The Hall–Kier alpha value is -3.06. The average molecular weight is 366 g/mol. The molecule has 7 heteroatoms. The number of fused-ring (bicyclic) bond motifs is 2. The van der Waals surface area contributed by atoms with E-state index in [1.807, 2.05) is 36.9 Å². The summed E-state index contributed by atoms with van der Waals surface area (Å²) in [5.41, 5.74) is 1.88. The quantitative estimate of drug-likeness (QED) is 0.567. The number of furan rings is 1. The number of nitrogens with zero attached hydrogens (tertiary/aromatic N) is 3. The summed E-state index contributed by atoms with van der Waals surface area (Å²) in [6.07, 6.45) is 4.18. The Bertz CT molecular complexity index is 1010. The highest BCUT2D eigenvalue weighted by atomic mass is 16.5. The number of phenolic OH excluding ortho intramolecular Hbond substituents is 1. The number of phenols is 1. The minimum atomic E-state index is -0.305. The van der Waals surface area contributed by atoms with Crippen molar-refractivity contribution in [3.8, 4) is 17.4 Å². The number of nitrogens with one attached hydrogen (secondary N) is 1. The van der Waals surface area contributed by atoms with Gasteiger partial charge in [-0.05, 0) is 45.3 Å². The third-order valence-corrected chi connectivity index (χ3v) is 4.72. The number of ether oxygens (including phenoxy) is 1. The zero-order valence-electron chi connectivity index (χ0n) is 15.3. The van der Waals surface area contributed by atoms with Crippen molar-refractivity contribution in [3.63, 3.8) is 0 Å². The predicted molar refractivity (Wildman–Crippen MR) is 99.1 cm³/mol. The first kappa shape index (κ1) is 17.4. The van der Waals surface area contributed by atoms with Gasteiger partial charge in [-0.2, -0.15) is 0 Å². The summed E-state index contributed by atoms with van der Waals surface area (Å²) in [5.74, 6) is 1.44. The van der Waals surface area contributed by atoms with Gasteiger partial charge >= 0.3 is 0 Å². The van der Waals surface area contributed by atoms with Crippen molar-refractivity contribution < 1.29 is 14.3 Å². The standard InChI is InChI=1S/C20H22N4O3/c1-23(2)8-4-9-24-12-22-20-18(19(24)21)17(15-5-3-10-26-15)14-7-6-13(25)11-16(14)27-20/h3,5-7,10-12,17,21,25H,4,8-9H2,1-2H3/t17-/m0/s1. The maximum atomic E-state index is 9.82. The van der Waals surface area contributed by atoms with E-state index in [2.05, 4.69) is 9.88 Å². The molecule has 2 N–H and O–H groups in total. The molecule has 0 fully saturated rings. The van der Waals surface area contributed by atoms with E-state index in [-0.39, 0.29) is 11.7 Å². The summed E-state index contributed by atoms with van der Waals surface area (Å²) in [6.45, 7) is 1.63. The summed E-state index contributed by atoms with van der Waals surface area (Å²) in [7, 11) is 4.06. The van der Waals surface area contributed by atoms with Gasteiger partial charge in [0.25, 0.3) is 0 Å². The van der Waals surface area contributed by atoms with Gasteiger partial charge in [0.2, 0.25) is 5.88 Å². The number of rotatable bonds is 5. The molecule has 3 aromatic rings. The number of hydrogen-bond acceptors (Lipinski definition) is 6. The van der Waals surface area contributed by atoms with Gasteiger partial charge in [-0.3, -0.25) is 5.41 Å². The average Bonchev–Trinajstić information content (AvgIpc) is 3.16. The maximum Gasteiger partial charge on any atom is 0.228 e. The minimum Gasteiger partial charge on any atom is -0.508 e. The van der Waals surface area contributed by atoms with Crippen molar-refractivity contribution in [2.24, 2.45) is 0 Å². The Morgan fingerprint density at radius 3 is 2.89 bits per heavy atom. The molecule has 1 aliphatic heterocycles. The van der Waals surface area contributed by atoms with E-state index in [0.717, 1.165) is 18.5 Å². The molecule has 1 aromatic carbocycles. The van der Waals surface area contributed by atoms with Crippen molar-refractivity contribution >= 4 is 0 Å². The lowest BCUT2D eigenvalue weighted by atomic mass is 9.87. The van der Waals surface area contributed by atoms with Gasteiger partial charge in [0.05, 0.1) is 17.7 Å². The second kappa shape index (κ2) is 6.92. The number of benzene rings is 1. The van der Waals surface area contributed by atoms with Crippen molar-refractivity contribution in [2.75, 3.05) is 20.6 Å². The highest BCUT2D eigenvalue weighted by molar-refractivity contribution is 5.55. The van der Waals surface area contributed by atoms with Crippen LogP contribution in [-0.4, -0.2) is 40.2 Å². The first-order valence-corrected chi connectivity index (χ1v) is 8.87. The number of hydrogen-bond donors (Lipinski definition) is 2. The second-order valence-corrected chi connectivity index (χ2v) is 6.93. The van der Waals surface area contributed by atoms with Crippen LogP contribution in [0.25, 0.3) is 0 Å². The topological polar surface area (TPSA) is 87.5 Å². The van der Waals surface area contributed by atoms with Crippen molar-refractivity contribution in [1.29, 1.82) is 5.41 Å². The first-order chi connectivity index (χ1) is 13.0. The van der Waals surface area contributed by atoms with Gasteiger partial charge in [0.1, 0.15) is 29.1 Å². The lowest BCUT2D eigenvalue weighted by Gasteiger charge is -2.27. The Morgan fingerprint density at radius 2 is 2.15 bits per heavy atom. The van der Waals surface area contributed by atoms with Gasteiger partial charge in [-0.15, -0.1) is 0 Å². The lowest BCUT2D eigenvalue weighted by molar-refractivity contribution is 0.376. The molecule has 4 rings (SSSR count). The van der Waals surface area contributed by atoms with Gasteiger partial charge in [0.15, 0.2) is 0 Å². The lowest BCUT2D eigenvalue weighted by Crippen LogP contribution is -2.30. The van der Waals surface area contributed by atoms with Crippen molar-refractivity contribution in [3.05, 3.63) is 65.3 Å². The summed E-state index contributed by atoms with van der Waals surface area (Å²) >= 11 is 0. The Morgan fingerprint density at radius 1 is 1.30 bits per heavy atom. The smallest absolute Gasteiger partial charge is 0.228 e. The van der Waals surface area contributed by atoms with Gasteiger partial charge in [0, 0.05) is 18.2 Å². The normalized spacial score (nSPS) is 15.3. The third kappa shape index (κ3) is 3.21. The van der Waals surface area contributed by atoms with Crippen molar-refractivity contribution in [1.82, 2.24) is 14.5 Å². The molecule has 7 nitrogen and oxygen atoms in total. The summed E-state index contributed by atoms with van der Waals surface area (Å²) < 4.78 is 13.4. The largest absolute Gasteiger partial charge is 0.508 e. The van der Waals surface area contributed by atoms with E-state index < -0.39 is 0 Å². The van der Waals surface area contributed by atoms with Crippen LogP contribution < -0.4 is 10.2 Å². The van der Waals surface area contributed by atoms with Crippen LogP contribution in [0.3, 0.4) is 0 Å². The highest BCUT2D eigenvalue weighted by Crippen LogP contribution is 2.45. The maximum absolute atomic E-state index is 9.82. The molecule has 0 saturated carbocycles. The van der Waals surface area contributed by atoms with E-state index in [9.17, 15) is 5.11 Å². The molecule has 0 unspecified atom stereocenters. The molecule has 0 amide bonds. The summed E-state index contributed by atoms with van der Waals surface area (Å²) in [5, 5.41) is 18.6. The number of aromatic hydroxyl groups is 1.